The summed E-state index contributed by atoms with van der Waals surface area (Å²) in [6.07, 6.45) is 5.37. The zero-order chi connectivity index (χ0) is 14.3. The molecule has 0 aromatic carbocycles. The molecule has 2 aliphatic rings. The summed E-state index contributed by atoms with van der Waals surface area (Å²) in [4.78, 5) is 18.5. The van der Waals surface area contributed by atoms with E-state index in [4.69, 9.17) is 4.98 Å². The second-order valence-electron chi connectivity index (χ2n) is 6.31. The first-order chi connectivity index (χ1) is 9.56. The van der Waals surface area contributed by atoms with E-state index in [-0.39, 0.29) is 0 Å². The third kappa shape index (κ3) is 2.28. The summed E-state index contributed by atoms with van der Waals surface area (Å²) in [5.74, 6) is 0.438. The van der Waals surface area contributed by atoms with Gasteiger partial charge in [-0.2, -0.15) is 0 Å². The molecule has 1 aliphatic heterocycles. The van der Waals surface area contributed by atoms with Gasteiger partial charge in [0.2, 0.25) is 0 Å². The number of piperidine rings is 1. The van der Waals surface area contributed by atoms with Crippen molar-refractivity contribution in [2.75, 3.05) is 11.4 Å². The number of anilines is 1. The Hall–Kier alpha value is -1.58. The highest BCUT2D eigenvalue weighted by Gasteiger charge is 2.29. The Morgan fingerprint density at radius 3 is 2.90 bits per heavy atom. The molecule has 3 rings (SSSR count). The predicted molar refractivity (Wildman–Crippen MR) is 78.4 cm³/mol. The minimum absolute atomic E-state index is 0.372. The lowest BCUT2D eigenvalue weighted by Crippen LogP contribution is -2.42. The fraction of sp³-hybridized carbons (Fsp3) is 0.625. The van der Waals surface area contributed by atoms with E-state index >= 15 is 0 Å². The van der Waals surface area contributed by atoms with Crippen LogP contribution in [0.2, 0.25) is 0 Å². The number of aromatic nitrogens is 1. The summed E-state index contributed by atoms with van der Waals surface area (Å²) in [5.41, 5.74) is 2.62. The van der Waals surface area contributed by atoms with Gasteiger partial charge in [0.15, 0.2) is 0 Å². The van der Waals surface area contributed by atoms with Crippen molar-refractivity contribution in [2.24, 2.45) is 5.92 Å². The molecular weight excluding hydrogens is 252 g/mol. The molecule has 0 amide bonds. The highest BCUT2D eigenvalue weighted by atomic mass is 16.4. The second kappa shape index (κ2) is 5.08. The largest absolute Gasteiger partial charge is 0.478 e. The number of carboxylic acid groups (broad SMARTS) is 1. The SMILES string of the molecule is CC1CCC(C)N(c2nc3c(cc2C(=O)O)CCC3)C1. The van der Waals surface area contributed by atoms with Gasteiger partial charge < -0.3 is 10.0 Å². The van der Waals surface area contributed by atoms with E-state index in [2.05, 4.69) is 18.7 Å². The summed E-state index contributed by atoms with van der Waals surface area (Å²) in [5, 5.41) is 9.51. The van der Waals surface area contributed by atoms with Crippen LogP contribution in [0.25, 0.3) is 0 Å². The number of hydrogen-bond donors (Lipinski definition) is 1. The Kier molecular flexibility index (Phi) is 3.40. The van der Waals surface area contributed by atoms with Gasteiger partial charge in [0, 0.05) is 18.3 Å². The van der Waals surface area contributed by atoms with Crippen molar-refractivity contribution in [3.63, 3.8) is 0 Å². The van der Waals surface area contributed by atoms with Crippen LogP contribution in [0.3, 0.4) is 0 Å². The van der Waals surface area contributed by atoms with Crippen LogP contribution >= 0.6 is 0 Å². The average Bonchev–Trinajstić information content (AvgIpc) is 2.87. The van der Waals surface area contributed by atoms with Gasteiger partial charge in [0.1, 0.15) is 11.4 Å². The molecule has 1 aromatic rings. The van der Waals surface area contributed by atoms with Gasteiger partial charge in [0.25, 0.3) is 0 Å². The Bertz CT molecular complexity index is 542. The molecule has 1 N–H and O–H groups in total. The topological polar surface area (TPSA) is 53.4 Å². The third-order valence-corrected chi connectivity index (χ3v) is 4.65. The van der Waals surface area contributed by atoms with Gasteiger partial charge in [-0.15, -0.1) is 0 Å². The van der Waals surface area contributed by atoms with E-state index in [9.17, 15) is 9.90 Å². The van der Waals surface area contributed by atoms with Crippen molar-refractivity contribution >= 4 is 11.8 Å². The molecular formula is C16H22N2O2. The van der Waals surface area contributed by atoms with Crippen LogP contribution < -0.4 is 4.90 Å². The molecule has 0 bridgehead atoms. The molecule has 0 spiro atoms. The van der Waals surface area contributed by atoms with Crippen molar-refractivity contribution < 1.29 is 9.90 Å². The van der Waals surface area contributed by atoms with Gasteiger partial charge in [-0.1, -0.05) is 6.92 Å². The van der Waals surface area contributed by atoms with Crippen LogP contribution in [0, 0.1) is 5.92 Å². The van der Waals surface area contributed by atoms with E-state index in [0.717, 1.165) is 43.5 Å². The monoisotopic (exact) mass is 274 g/mol. The molecule has 20 heavy (non-hydrogen) atoms. The summed E-state index contributed by atoms with van der Waals surface area (Å²) in [6, 6.07) is 2.23. The van der Waals surface area contributed by atoms with E-state index < -0.39 is 5.97 Å². The summed E-state index contributed by atoms with van der Waals surface area (Å²) < 4.78 is 0. The summed E-state index contributed by atoms with van der Waals surface area (Å²) >= 11 is 0. The lowest BCUT2D eigenvalue weighted by Gasteiger charge is -2.38. The minimum Gasteiger partial charge on any atom is -0.478 e. The predicted octanol–water partition coefficient (Wildman–Crippen LogP) is 2.89. The summed E-state index contributed by atoms with van der Waals surface area (Å²) in [6.45, 7) is 5.31. The maximum absolute atomic E-state index is 11.6. The lowest BCUT2D eigenvalue weighted by atomic mass is 9.94. The highest BCUT2D eigenvalue weighted by molar-refractivity contribution is 5.93. The fourth-order valence-electron chi connectivity index (χ4n) is 3.42. The molecule has 1 fully saturated rings. The van der Waals surface area contributed by atoms with E-state index in [1.807, 2.05) is 6.07 Å². The Morgan fingerprint density at radius 2 is 2.15 bits per heavy atom. The molecule has 2 heterocycles. The van der Waals surface area contributed by atoms with E-state index in [1.54, 1.807) is 0 Å². The van der Waals surface area contributed by atoms with Crippen molar-refractivity contribution in [3.8, 4) is 0 Å². The molecule has 4 nitrogen and oxygen atoms in total. The molecule has 1 aromatic heterocycles. The highest BCUT2D eigenvalue weighted by Crippen LogP contribution is 2.32. The summed E-state index contributed by atoms with van der Waals surface area (Å²) in [7, 11) is 0. The zero-order valence-corrected chi connectivity index (χ0v) is 12.2. The van der Waals surface area contributed by atoms with Crippen molar-refractivity contribution in [1.82, 2.24) is 4.98 Å². The van der Waals surface area contributed by atoms with Crippen molar-refractivity contribution in [2.45, 2.75) is 52.0 Å². The number of fused-ring (bicyclic) bond motifs is 1. The van der Waals surface area contributed by atoms with Crippen molar-refractivity contribution in [1.29, 1.82) is 0 Å². The number of hydrogen-bond acceptors (Lipinski definition) is 3. The standard InChI is InChI=1S/C16H22N2O2/c1-10-6-7-11(2)18(9-10)15-13(16(19)20)8-12-4-3-5-14(12)17-15/h8,10-11H,3-7,9H2,1-2H3,(H,19,20). The van der Waals surface area contributed by atoms with Crippen molar-refractivity contribution in [3.05, 3.63) is 22.9 Å². The van der Waals surface area contributed by atoms with E-state index in [0.29, 0.717) is 23.3 Å². The van der Waals surface area contributed by atoms with Crippen LogP contribution in [0.5, 0.6) is 0 Å². The van der Waals surface area contributed by atoms with Crippen LogP contribution in [0.1, 0.15) is 54.7 Å². The maximum Gasteiger partial charge on any atom is 0.339 e. The average molecular weight is 274 g/mol. The van der Waals surface area contributed by atoms with Crippen LogP contribution in [0.15, 0.2) is 6.07 Å². The maximum atomic E-state index is 11.6. The second-order valence-corrected chi connectivity index (χ2v) is 6.31. The number of carboxylic acids is 1. The zero-order valence-electron chi connectivity index (χ0n) is 12.2. The molecule has 4 heteroatoms. The number of aromatic carboxylic acids is 1. The fourth-order valence-corrected chi connectivity index (χ4v) is 3.42. The number of rotatable bonds is 2. The van der Waals surface area contributed by atoms with Crippen LogP contribution in [-0.4, -0.2) is 28.6 Å². The van der Waals surface area contributed by atoms with Gasteiger partial charge in [-0.3, -0.25) is 0 Å². The first kappa shape index (κ1) is 13.4. The quantitative estimate of drug-likeness (QED) is 0.901. The molecule has 0 radical (unpaired) electrons. The first-order valence-corrected chi connectivity index (χ1v) is 7.59. The molecule has 108 valence electrons. The number of carbonyl (C=O) groups is 1. The lowest BCUT2D eigenvalue weighted by molar-refractivity contribution is 0.0696. The smallest absolute Gasteiger partial charge is 0.339 e. The molecule has 1 aliphatic carbocycles. The van der Waals surface area contributed by atoms with Gasteiger partial charge in [0.05, 0.1) is 0 Å². The number of aryl methyl sites for hydroxylation is 2. The molecule has 2 unspecified atom stereocenters. The Labute approximate surface area is 119 Å². The van der Waals surface area contributed by atoms with Gasteiger partial charge >= 0.3 is 5.97 Å². The molecule has 0 saturated carbocycles. The van der Waals surface area contributed by atoms with Gasteiger partial charge in [-0.25, -0.2) is 9.78 Å². The Balaban J connectivity index is 2.04. The molecule has 1 saturated heterocycles. The molecule has 2 atom stereocenters. The number of nitrogens with zero attached hydrogens (tertiary/aromatic N) is 2. The van der Waals surface area contributed by atoms with Crippen LogP contribution in [-0.2, 0) is 12.8 Å². The third-order valence-electron chi connectivity index (χ3n) is 4.65. The Morgan fingerprint density at radius 1 is 1.35 bits per heavy atom. The minimum atomic E-state index is -0.854. The van der Waals surface area contributed by atoms with Gasteiger partial charge in [-0.05, 0) is 56.6 Å². The first-order valence-electron chi connectivity index (χ1n) is 7.59. The normalized spacial score (nSPS) is 25.6. The number of pyridine rings is 1. The van der Waals surface area contributed by atoms with E-state index in [1.165, 1.54) is 6.42 Å². The van der Waals surface area contributed by atoms with Crippen LogP contribution in [0.4, 0.5) is 5.82 Å².